The number of rotatable bonds is 6. The van der Waals surface area contributed by atoms with Gasteiger partial charge in [-0.25, -0.2) is 4.79 Å². The van der Waals surface area contributed by atoms with E-state index in [9.17, 15) is 4.79 Å². The highest BCUT2D eigenvalue weighted by molar-refractivity contribution is 6.42. The molecule has 0 unspecified atom stereocenters. The Bertz CT molecular complexity index is 927. The van der Waals surface area contributed by atoms with Crippen molar-refractivity contribution in [2.75, 3.05) is 6.54 Å². The summed E-state index contributed by atoms with van der Waals surface area (Å²) in [6, 6.07) is 18.7. The number of carbonyl (C=O) groups excluding carboxylic acids is 1. The van der Waals surface area contributed by atoms with Crippen molar-refractivity contribution >= 4 is 39.9 Å². The smallest absolute Gasteiger partial charge is 0.338 e. The quantitative estimate of drug-likeness (QED) is 0.601. The van der Waals surface area contributed by atoms with E-state index in [-0.39, 0.29) is 5.97 Å². The highest BCUT2D eigenvalue weighted by Gasteiger charge is 2.17. The van der Waals surface area contributed by atoms with Crippen LogP contribution in [0.15, 0.2) is 60.7 Å². The number of halogens is 2. The maximum absolute atomic E-state index is 12.6. The topological polar surface area (TPSA) is 52.3 Å². The van der Waals surface area contributed by atoms with E-state index in [2.05, 4.69) is 0 Å². The fourth-order valence-electron chi connectivity index (χ4n) is 2.75. The first-order valence-corrected chi connectivity index (χ1v) is 8.99. The Morgan fingerprint density at radius 3 is 2.50 bits per heavy atom. The average molecular weight is 387 g/mol. The van der Waals surface area contributed by atoms with E-state index in [0.717, 1.165) is 16.3 Å². The zero-order chi connectivity index (χ0) is 18.5. The minimum atomic E-state index is -0.448. The summed E-state index contributed by atoms with van der Waals surface area (Å²) in [6.45, 7) is 0.303. The fraction of sp³-hybridized carbons (Fsp3) is 0.143. The molecule has 0 aliphatic carbocycles. The summed E-state index contributed by atoms with van der Waals surface area (Å²) >= 11 is 12.0. The second kappa shape index (κ2) is 8.54. The lowest BCUT2D eigenvalue weighted by Crippen LogP contribution is -2.24. The molecule has 5 heteroatoms. The zero-order valence-electron chi connectivity index (χ0n) is 14.0. The van der Waals surface area contributed by atoms with Gasteiger partial charge in [0.05, 0.1) is 15.6 Å². The molecule has 3 aromatic carbocycles. The van der Waals surface area contributed by atoms with Gasteiger partial charge in [0.25, 0.3) is 0 Å². The minimum absolute atomic E-state index is 0.303. The summed E-state index contributed by atoms with van der Waals surface area (Å²) in [5.74, 6) is -0.384. The summed E-state index contributed by atoms with van der Waals surface area (Å²) in [4.78, 5) is 12.6. The van der Waals surface area contributed by atoms with Crippen LogP contribution in [0, 0.1) is 6.42 Å². The molecule has 0 aliphatic rings. The van der Waals surface area contributed by atoms with Gasteiger partial charge in [0.1, 0.15) is 6.10 Å². The summed E-state index contributed by atoms with van der Waals surface area (Å²) in [6.07, 6.45) is 1.80. The minimum Gasteiger partial charge on any atom is -0.458 e. The molecule has 3 rings (SSSR count). The number of hydrogen-bond acceptors (Lipinski definition) is 3. The van der Waals surface area contributed by atoms with Crippen molar-refractivity contribution in [1.29, 1.82) is 0 Å². The second-order valence-corrected chi connectivity index (χ2v) is 6.74. The van der Waals surface area contributed by atoms with Crippen LogP contribution in [0.3, 0.4) is 0 Å². The molecule has 0 aromatic heterocycles. The van der Waals surface area contributed by atoms with Crippen molar-refractivity contribution in [3.8, 4) is 0 Å². The molecule has 1 radical (unpaired) electrons. The van der Waals surface area contributed by atoms with Gasteiger partial charge in [-0.2, -0.15) is 0 Å². The molecule has 3 aromatic rings. The Morgan fingerprint density at radius 2 is 1.77 bits per heavy atom. The molecule has 0 spiro atoms. The van der Waals surface area contributed by atoms with Crippen LogP contribution in [0.5, 0.6) is 0 Å². The largest absolute Gasteiger partial charge is 0.458 e. The lowest BCUT2D eigenvalue weighted by molar-refractivity contribution is 0.0366. The third-order valence-corrected chi connectivity index (χ3v) is 4.80. The van der Waals surface area contributed by atoms with Crippen LogP contribution in [-0.4, -0.2) is 18.6 Å². The summed E-state index contributed by atoms with van der Waals surface area (Å²) in [7, 11) is 0. The third-order valence-electron chi connectivity index (χ3n) is 4.06. The van der Waals surface area contributed by atoms with Crippen LogP contribution >= 0.6 is 23.2 Å². The van der Waals surface area contributed by atoms with Gasteiger partial charge in [-0.15, -0.1) is 0 Å². The number of carbonyl (C=O) groups is 1. The van der Waals surface area contributed by atoms with Crippen LogP contribution in [0.1, 0.15) is 15.9 Å². The lowest BCUT2D eigenvalue weighted by atomic mass is 10.0. The maximum atomic E-state index is 12.6. The lowest BCUT2D eigenvalue weighted by Gasteiger charge is -2.17. The van der Waals surface area contributed by atoms with Crippen LogP contribution < -0.4 is 5.73 Å². The summed E-state index contributed by atoms with van der Waals surface area (Å²) in [5, 5.41) is 3.02. The highest BCUT2D eigenvalue weighted by Crippen LogP contribution is 2.24. The molecule has 0 saturated carbocycles. The molecule has 0 bridgehead atoms. The van der Waals surface area contributed by atoms with Crippen molar-refractivity contribution in [3.05, 3.63) is 88.3 Å². The van der Waals surface area contributed by atoms with Crippen molar-refractivity contribution < 1.29 is 9.53 Å². The number of fused-ring (bicyclic) bond motifs is 1. The van der Waals surface area contributed by atoms with Crippen LogP contribution in [0.25, 0.3) is 10.8 Å². The van der Waals surface area contributed by atoms with Gasteiger partial charge in [-0.3, -0.25) is 0 Å². The molecular formula is C21H18Cl2NO2. The van der Waals surface area contributed by atoms with E-state index >= 15 is 0 Å². The SMILES string of the molecule is NC[CH][C@H](Cc1ccc(Cl)c(Cl)c1)OC(=O)c1ccc2ccccc2c1. The monoisotopic (exact) mass is 386 g/mol. The fourth-order valence-corrected chi connectivity index (χ4v) is 3.07. The molecule has 0 fully saturated rings. The third kappa shape index (κ3) is 4.55. The average Bonchev–Trinajstić information content (AvgIpc) is 2.64. The highest BCUT2D eigenvalue weighted by atomic mass is 35.5. The molecule has 1 atom stereocenters. The molecule has 26 heavy (non-hydrogen) atoms. The van der Waals surface area contributed by atoms with Gasteiger partial charge >= 0.3 is 5.97 Å². The predicted molar refractivity (Wildman–Crippen MR) is 107 cm³/mol. The van der Waals surface area contributed by atoms with Crippen LogP contribution in [-0.2, 0) is 11.2 Å². The van der Waals surface area contributed by atoms with Gasteiger partial charge in [0.15, 0.2) is 0 Å². The Balaban J connectivity index is 1.75. The zero-order valence-corrected chi connectivity index (χ0v) is 15.5. The van der Waals surface area contributed by atoms with E-state index in [1.807, 2.05) is 42.5 Å². The van der Waals surface area contributed by atoms with Gasteiger partial charge in [-0.05, 0) is 47.1 Å². The normalized spacial score (nSPS) is 12.1. The van der Waals surface area contributed by atoms with Crippen molar-refractivity contribution in [2.24, 2.45) is 5.73 Å². The first-order valence-electron chi connectivity index (χ1n) is 8.24. The Morgan fingerprint density at radius 1 is 1.00 bits per heavy atom. The number of benzene rings is 3. The summed E-state index contributed by atoms with van der Waals surface area (Å²) in [5.41, 5.74) is 7.06. The molecule has 0 aliphatic heterocycles. The number of ether oxygens (including phenoxy) is 1. The first-order chi connectivity index (χ1) is 12.6. The predicted octanol–water partition coefficient (Wildman–Crippen LogP) is 5.08. The van der Waals surface area contributed by atoms with Gasteiger partial charge < -0.3 is 10.5 Å². The standard InChI is InChI=1S/C21H18Cl2NO2/c22-19-8-5-14(12-20(19)23)11-18(9-10-24)26-21(25)17-7-6-15-3-1-2-4-16(15)13-17/h1-9,12-13,18H,10-11,24H2/t18-/m1/s1. The molecule has 3 nitrogen and oxygen atoms in total. The maximum Gasteiger partial charge on any atom is 0.338 e. The van der Waals surface area contributed by atoms with Crippen LogP contribution in [0.4, 0.5) is 0 Å². The van der Waals surface area contributed by atoms with Crippen molar-refractivity contribution in [2.45, 2.75) is 12.5 Å². The number of esters is 1. The van der Waals surface area contributed by atoms with E-state index in [1.54, 1.807) is 24.6 Å². The van der Waals surface area contributed by atoms with E-state index in [4.69, 9.17) is 33.7 Å². The molecule has 0 saturated heterocycles. The summed E-state index contributed by atoms with van der Waals surface area (Å²) < 4.78 is 5.65. The Kier molecular flexibility index (Phi) is 6.15. The molecule has 0 amide bonds. The van der Waals surface area contributed by atoms with Crippen molar-refractivity contribution in [1.82, 2.24) is 0 Å². The van der Waals surface area contributed by atoms with E-state index in [0.29, 0.717) is 28.6 Å². The first kappa shape index (κ1) is 18.7. The Hall–Kier alpha value is -2.07. The van der Waals surface area contributed by atoms with Gasteiger partial charge in [-0.1, -0.05) is 59.6 Å². The Labute approximate surface area is 162 Å². The molecular weight excluding hydrogens is 369 g/mol. The van der Waals surface area contributed by atoms with E-state index in [1.165, 1.54) is 0 Å². The molecule has 2 N–H and O–H groups in total. The molecule has 133 valence electrons. The van der Waals surface area contributed by atoms with E-state index < -0.39 is 6.10 Å². The van der Waals surface area contributed by atoms with Gasteiger partial charge in [0, 0.05) is 12.8 Å². The van der Waals surface area contributed by atoms with Crippen molar-refractivity contribution in [3.63, 3.8) is 0 Å². The second-order valence-electron chi connectivity index (χ2n) is 5.93. The van der Waals surface area contributed by atoms with Crippen LogP contribution in [0.2, 0.25) is 10.0 Å². The van der Waals surface area contributed by atoms with Gasteiger partial charge in [0.2, 0.25) is 0 Å². The number of nitrogens with two attached hydrogens (primary N) is 1. The number of hydrogen-bond donors (Lipinski definition) is 1. The molecule has 0 heterocycles.